The summed E-state index contributed by atoms with van der Waals surface area (Å²) in [5, 5.41) is 0. The number of hydrogen-bond acceptors (Lipinski definition) is 0. The summed E-state index contributed by atoms with van der Waals surface area (Å²) < 4.78 is 1.31. The molecule has 1 aliphatic rings. The van der Waals surface area contributed by atoms with Crippen LogP contribution < -0.4 is 0 Å². The Morgan fingerprint density at radius 1 is 1.00 bits per heavy atom. The van der Waals surface area contributed by atoms with Crippen molar-refractivity contribution in [3.8, 4) is 0 Å². The van der Waals surface area contributed by atoms with E-state index in [0.717, 1.165) is 6.42 Å². The monoisotopic (exact) mass is 320 g/mol. The first-order valence-electron chi connectivity index (χ1n) is 7.79. The maximum absolute atomic E-state index is 3.73. The van der Waals surface area contributed by atoms with Crippen molar-refractivity contribution in [1.82, 2.24) is 0 Å². The van der Waals surface area contributed by atoms with Gasteiger partial charge in [0.05, 0.1) is 0 Å². The van der Waals surface area contributed by atoms with Crippen LogP contribution in [0.25, 0.3) is 6.08 Å². The number of fused-ring (bicyclic) bond motifs is 1. The zero-order valence-electron chi connectivity index (χ0n) is 12.1. The fourth-order valence-electron chi connectivity index (χ4n) is 2.79. The molecule has 0 radical (unpaired) electrons. The molecule has 2 rings (SSSR count). The fourth-order valence-corrected chi connectivity index (χ4v) is 3.38. The highest BCUT2D eigenvalue weighted by Crippen LogP contribution is 2.28. The van der Waals surface area contributed by atoms with E-state index in [4.69, 9.17) is 0 Å². The topological polar surface area (TPSA) is 0 Å². The summed E-state index contributed by atoms with van der Waals surface area (Å²) in [7, 11) is 0. The molecule has 0 spiro atoms. The van der Waals surface area contributed by atoms with Gasteiger partial charge >= 0.3 is 0 Å². The van der Waals surface area contributed by atoms with Gasteiger partial charge in [0, 0.05) is 4.47 Å². The average Bonchev–Trinajstić information content (AvgIpc) is 2.84. The van der Waals surface area contributed by atoms with Gasteiger partial charge in [0.25, 0.3) is 0 Å². The van der Waals surface area contributed by atoms with Crippen LogP contribution in [0.3, 0.4) is 0 Å². The highest BCUT2D eigenvalue weighted by Gasteiger charge is 2.09. The van der Waals surface area contributed by atoms with Crippen molar-refractivity contribution in [3.63, 3.8) is 0 Å². The zero-order valence-corrected chi connectivity index (χ0v) is 13.6. The summed E-state index contributed by atoms with van der Waals surface area (Å²) in [6, 6.07) is 4.69. The Morgan fingerprint density at radius 3 is 2.53 bits per heavy atom. The molecule has 0 amide bonds. The molecule has 104 valence electrons. The smallest absolute Gasteiger partial charge is 0.0210 e. The molecular weight excluding hydrogens is 296 g/mol. The molecule has 0 saturated carbocycles. The lowest BCUT2D eigenvalue weighted by Gasteiger charge is -2.08. The van der Waals surface area contributed by atoms with Gasteiger partial charge in [-0.2, -0.15) is 0 Å². The normalized spacial score (nSPS) is 12.9. The Balaban J connectivity index is 1.73. The predicted molar refractivity (Wildman–Crippen MR) is 88.6 cm³/mol. The Bertz CT molecular complexity index is 432. The van der Waals surface area contributed by atoms with Crippen LogP contribution in [-0.2, 0) is 12.8 Å². The summed E-state index contributed by atoms with van der Waals surface area (Å²) >= 11 is 3.73. The van der Waals surface area contributed by atoms with Gasteiger partial charge in [0.15, 0.2) is 0 Å². The number of aryl methyl sites for hydroxylation is 1. The molecule has 0 aromatic heterocycles. The lowest BCUT2D eigenvalue weighted by atomic mass is 10.0. The maximum atomic E-state index is 3.73. The molecule has 0 heterocycles. The summed E-state index contributed by atoms with van der Waals surface area (Å²) in [4.78, 5) is 0. The van der Waals surface area contributed by atoms with Gasteiger partial charge in [0.1, 0.15) is 0 Å². The minimum absolute atomic E-state index is 1.10. The average molecular weight is 321 g/mol. The largest absolute Gasteiger partial charge is 0.0795 e. The minimum Gasteiger partial charge on any atom is -0.0795 e. The van der Waals surface area contributed by atoms with Crippen LogP contribution in [0, 0.1) is 0 Å². The van der Waals surface area contributed by atoms with E-state index >= 15 is 0 Å². The SMILES string of the molecule is CCCCCCCCCc1cc2c(cc1Br)CC=C2. The molecule has 0 fully saturated rings. The molecule has 1 aliphatic carbocycles. The molecular formula is C18H25Br. The van der Waals surface area contributed by atoms with Crippen molar-refractivity contribution in [3.05, 3.63) is 39.4 Å². The van der Waals surface area contributed by atoms with Crippen molar-refractivity contribution in [2.24, 2.45) is 0 Å². The van der Waals surface area contributed by atoms with E-state index < -0.39 is 0 Å². The highest BCUT2D eigenvalue weighted by molar-refractivity contribution is 9.10. The maximum Gasteiger partial charge on any atom is 0.0210 e. The van der Waals surface area contributed by atoms with Crippen molar-refractivity contribution >= 4 is 22.0 Å². The van der Waals surface area contributed by atoms with Gasteiger partial charge in [-0.1, -0.05) is 79.6 Å². The van der Waals surface area contributed by atoms with Crippen LogP contribution in [0.4, 0.5) is 0 Å². The highest BCUT2D eigenvalue weighted by atomic mass is 79.9. The van der Waals surface area contributed by atoms with Gasteiger partial charge in [-0.25, -0.2) is 0 Å². The summed E-state index contributed by atoms with van der Waals surface area (Å²) in [5.74, 6) is 0. The van der Waals surface area contributed by atoms with E-state index in [-0.39, 0.29) is 0 Å². The van der Waals surface area contributed by atoms with E-state index in [1.54, 1.807) is 0 Å². The first-order valence-corrected chi connectivity index (χ1v) is 8.58. The molecule has 1 aromatic rings. The lowest BCUT2D eigenvalue weighted by Crippen LogP contribution is -1.92. The second kappa shape index (κ2) is 7.89. The van der Waals surface area contributed by atoms with Crippen molar-refractivity contribution in [2.75, 3.05) is 0 Å². The Hall–Kier alpha value is -0.560. The van der Waals surface area contributed by atoms with Gasteiger partial charge < -0.3 is 0 Å². The van der Waals surface area contributed by atoms with Crippen molar-refractivity contribution in [1.29, 1.82) is 0 Å². The molecule has 0 nitrogen and oxygen atoms in total. The molecule has 0 aliphatic heterocycles. The Morgan fingerprint density at radius 2 is 1.74 bits per heavy atom. The van der Waals surface area contributed by atoms with E-state index in [0.29, 0.717) is 0 Å². The molecule has 0 N–H and O–H groups in total. The molecule has 0 unspecified atom stereocenters. The molecule has 0 atom stereocenters. The third kappa shape index (κ3) is 4.49. The first-order chi connectivity index (χ1) is 9.31. The van der Waals surface area contributed by atoms with Gasteiger partial charge in [-0.15, -0.1) is 0 Å². The van der Waals surface area contributed by atoms with E-state index in [9.17, 15) is 0 Å². The van der Waals surface area contributed by atoms with E-state index in [2.05, 4.69) is 47.1 Å². The summed E-state index contributed by atoms with van der Waals surface area (Å²) in [6.07, 6.45) is 16.5. The number of hydrogen-bond donors (Lipinski definition) is 0. The van der Waals surface area contributed by atoms with Gasteiger partial charge in [-0.3, -0.25) is 0 Å². The Labute approximate surface area is 126 Å². The van der Waals surface area contributed by atoms with Gasteiger partial charge in [-0.05, 0) is 42.0 Å². The second-order valence-corrected chi connectivity index (χ2v) is 6.47. The minimum atomic E-state index is 1.10. The molecule has 1 aromatic carbocycles. The second-order valence-electron chi connectivity index (χ2n) is 5.62. The zero-order chi connectivity index (χ0) is 13.5. The summed E-state index contributed by atoms with van der Waals surface area (Å²) in [6.45, 7) is 2.28. The van der Waals surface area contributed by atoms with Crippen molar-refractivity contribution < 1.29 is 0 Å². The molecule has 19 heavy (non-hydrogen) atoms. The number of unbranched alkanes of at least 4 members (excludes halogenated alkanes) is 6. The first kappa shape index (κ1) is 14.8. The predicted octanol–water partition coefficient (Wildman–Crippen LogP) is 6.31. The van der Waals surface area contributed by atoms with Crippen LogP contribution in [-0.4, -0.2) is 0 Å². The van der Waals surface area contributed by atoms with E-state index in [1.165, 1.54) is 72.5 Å². The van der Waals surface area contributed by atoms with Crippen LogP contribution in [0.2, 0.25) is 0 Å². The lowest BCUT2D eigenvalue weighted by molar-refractivity contribution is 0.589. The molecule has 0 bridgehead atoms. The number of halogens is 1. The fraction of sp³-hybridized carbons (Fsp3) is 0.556. The molecule has 0 saturated heterocycles. The summed E-state index contributed by atoms with van der Waals surface area (Å²) in [5.41, 5.74) is 4.38. The van der Waals surface area contributed by atoms with Crippen molar-refractivity contribution in [2.45, 2.75) is 64.7 Å². The number of rotatable bonds is 8. The van der Waals surface area contributed by atoms with Crippen LogP contribution in [0.1, 0.15) is 68.6 Å². The Kier molecular flexibility index (Phi) is 6.16. The van der Waals surface area contributed by atoms with E-state index in [1.807, 2.05) is 0 Å². The number of allylic oxidation sites excluding steroid dienone is 1. The van der Waals surface area contributed by atoms with Crippen LogP contribution >= 0.6 is 15.9 Å². The third-order valence-electron chi connectivity index (χ3n) is 3.99. The number of benzene rings is 1. The van der Waals surface area contributed by atoms with Gasteiger partial charge in [0.2, 0.25) is 0 Å². The quantitative estimate of drug-likeness (QED) is 0.492. The van der Waals surface area contributed by atoms with Crippen LogP contribution in [0.15, 0.2) is 22.7 Å². The third-order valence-corrected chi connectivity index (χ3v) is 4.73. The molecule has 1 heteroatoms. The standard InChI is InChI=1S/C18H25Br/c1-2-3-4-5-6-7-8-10-17-13-15-11-9-12-16(15)14-18(17)19/h9,11,13-14H,2-8,10,12H2,1H3. The van der Waals surface area contributed by atoms with Crippen LogP contribution in [0.5, 0.6) is 0 Å².